The van der Waals surface area contributed by atoms with Crippen molar-refractivity contribution >= 4 is 22.9 Å². The molecule has 3 aromatic rings. The minimum absolute atomic E-state index is 0.0133. The molecule has 1 N–H and O–H groups in total. The number of nitrogens with zero attached hydrogens (tertiary/aromatic N) is 1. The van der Waals surface area contributed by atoms with Crippen molar-refractivity contribution in [3.63, 3.8) is 0 Å². The van der Waals surface area contributed by atoms with Crippen molar-refractivity contribution < 1.29 is 9.53 Å². The maximum atomic E-state index is 12.5. The number of aryl methyl sites for hydroxylation is 1. The largest absolute Gasteiger partial charge is 0.493 e. The Hall–Kier alpha value is -2.66. The summed E-state index contributed by atoms with van der Waals surface area (Å²) in [6.07, 6.45) is 0.426. The molecule has 1 amide bonds. The Kier molecular flexibility index (Phi) is 4.94. The van der Waals surface area contributed by atoms with Gasteiger partial charge < -0.3 is 10.1 Å². The molecule has 0 radical (unpaired) electrons. The van der Waals surface area contributed by atoms with Gasteiger partial charge in [0.2, 0.25) is 5.91 Å². The number of carbonyl (C=O) groups is 1. The average molecular weight is 378 g/mol. The van der Waals surface area contributed by atoms with Gasteiger partial charge in [-0.3, -0.25) is 4.79 Å². The summed E-state index contributed by atoms with van der Waals surface area (Å²) in [6, 6.07) is 16.0. The highest BCUT2D eigenvalue weighted by Gasteiger charge is 2.25. The van der Waals surface area contributed by atoms with E-state index in [0.717, 1.165) is 22.7 Å². The number of rotatable bonds is 5. The first-order valence-electron chi connectivity index (χ1n) is 9.13. The molecule has 2 heterocycles. The van der Waals surface area contributed by atoms with Gasteiger partial charge in [-0.05, 0) is 30.7 Å². The second kappa shape index (κ2) is 7.53. The van der Waals surface area contributed by atoms with Crippen LogP contribution in [0.1, 0.15) is 46.9 Å². The normalized spacial score (nSPS) is 16.4. The smallest absolute Gasteiger partial charge is 0.225 e. The van der Waals surface area contributed by atoms with E-state index in [9.17, 15) is 4.79 Å². The van der Waals surface area contributed by atoms with E-state index in [-0.39, 0.29) is 11.8 Å². The maximum absolute atomic E-state index is 12.5. The summed E-state index contributed by atoms with van der Waals surface area (Å²) in [7, 11) is 0. The lowest BCUT2D eigenvalue weighted by Crippen LogP contribution is -2.16. The summed E-state index contributed by atoms with van der Waals surface area (Å²) >= 11 is 1.69. The first kappa shape index (κ1) is 17.7. The molecule has 0 saturated heterocycles. The van der Waals surface area contributed by atoms with Crippen molar-refractivity contribution in [2.24, 2.45) is 0 Å². The molecule has 0 saturated carbocycles. The number of thiazole rings is 1. The number of anilines is 1. The molecule has 138 valence electrons. The number of para-hydroxylation sites is 1. The van der Waals surface area contributed by atoms with Gasteiger partial charge in [-0.2, -0.15) is 0 Å². The molecule has 0 fully saturated rings. The van der Waals surface area contributed by atoms with E-state index in [4.69, 9.17) is 4.74 Å². The van der Waals surface area contributed by atoms with Crippen LogP contribution in [0.3, 0.4) is 0 Å². The van der Waals surface area contributed by atoms with E-state index in [0.29, 0.717) is 18.9 Å². The van der Waals surface area contributed by atoms with Crippen molar-refractivity contribution in [3.8, 4) is 5.75 Å². The van der Waals surface area contributed by atoms with Crippen LogP contribution in [0.5, 0.6) is 5.75 Å². The molecule has 0 unspecified atom stereocenters. The first-order chi connectivity index (χ1) is 13.1. The highest BCUT2D eigenvalue weighted by Crippen LogP contribution is 2.35. The Labute approximate surface area is 163 Å². The number of ether oxygens (including phenoxy) is 1. The molecule has 0 bridgehead atoms. The molecule has 5 heteroatoms. The molecule has 1 aromatic heterocycles. The predicted octanol–water partition coefficient (Wildman–Crippen LogP) is 5.11. The van der Waals surface area contributed by atoms with Crippen LogP contribution in [0.2, 0.25) is 0 Å². The van der Waals surface area contributed by atoms with E-state index in [1.165, 1.54) is 10.4 Å². The van der Waals surface area contributed by atoms with E-state index in [1.54, 1.807) is 11.3 Å². The molecule has 0 spiro atoms. The summed E-state index contributed by atoms with van der Waals surface area (Å²) in [6.45, 7) is 4.80. The van der Waals surface area contributed by atoms with Crippen molar-refractivity contribution in [2.45, 2.75) is 32.1 Å². The van der Waals surface area contributed by atoms with Crippen molar-refractivity contribution in [3.05, 3.63) is 75.7 Å². The second-order valence-electron chi connectivity index (χ2n) is 6.94. The highest BCUT2D eigenvalue weighted by atomic mass is 32.1. The average Bonchev–Trinajstić information content (AvgIpc) is 3.28. The zero-order valence-electron chi connectivity index (χ0n) is 15.4. The monoisotopic (exact) mass is 378 g/mol. The Morgan fingerprint density at radius 2 is 2.04 bits per heavy atom. The van der Waals surface area contributed by atoms with Gasteiger partial charge in [0.25, 0.3) is 0 Å². The quantitative estimate of drug-likeness (QED) is 0.671. The number of aromatic nitrogens is 1. The Balaban J connectivity index is 1.39. The van der Waals surface area contributed by atoms with E-state index in [2.05, 4.69) is 29.4 Å². The maximum Gasteiger partial charge on any atom is 0.225 e. The van der Waals surface area contributed by atoms with Crippen molar-refractivity contribution in [1.29, 1.82) is 0 Å². The minimum atomic E-state index is 0.0133. The number of carbonyl (C=O) groups excluding carboxylic acids is 1. The fourth-order valence-electron chi connectivity index (χ4n) is 3.57. The van der Waals surface area contributed by atoms with Gasteiger partial charge in [0.1, 0.15) is 5.75 Å². The molecule has 1 aliphatic heterocycles. The molecule has 1 aliphatic rings. The SMILES string of the molecule is Cc1ncsc1[C@@H](C)c1ccc(NC(=O)C[C@H]2COc3ccccc32)cc1. The van der Waals surface area contributed by atoms with Crippen LogP contribution in [0, 0.1) is 6.92 Å². The number of nitrogens with one attached hydrogen (secondary N) is 1. The number of fused-ring (bicyclic) bond motifs is 1. The van der Waals surface area contributed by atoms with Gasteiger partial charge in [0, 0.05) is 34.4 Å². The summed E-state index contributed by atoms with van der Waals surface area (Å²) in [5.41, 5.74) is 6.14. The number of amides is 1. The van der Waals surface area contributed by atoms with Crippen LogP contribution in [0.4, 0.5) is 5.69 Å². The standard InChI is InChI=1S/C22H22N2O2S/c1-14(22-15(2)23-13-27-22)16-7-9-18(10-8-16)24-21(25)11-17-12-26-20-6-4-3-5-19(17)20/h3-10,13-14,17H,11-12H2,1-2H3,(H,24,25)/t14-,17-/m0/s1. The summed E-state index contributed by atoms with van der Waals surface area (Å²) in [4.78, 5) is 18.1. The number of benzene rings is 2. The van der Waals surface area contributed by atoms with Gasteiger partial charge in [-0.15, -0.1) is 11.3 Å². The van der Waals surface area contributed by atoms with Crippen LogP contribution in [0.15, 0.2) is 54.0 Å². The minimum Gasteiger partial charge on any atom is -0.493 e. The molecular formula is C22H22N2O2S. The lowest BCUT2D eigenvalue weighted by atomic mass is 9.97. The van der Waals surface area contributed by atoms with Gasteiger partial charge in [-0.25, -0.2) is 4.98 Å². The molecular weight excluding hydrogens is 356 g/mol. The van der Waals surface area contributed by atoms with Crippen LogP contribution in [-0.4, -0.2) is 17.5 Å². The summed E-state index contributed by atoms with van der Waals surface area (Å²) in [5.74, 6) is 1.33. The van der Waals surface area contributed by atoms with Crippen LogP contribution < -0.4 is 10.1 Å². The molecule has 4 rings (SSSR count). The molecule has 27 heavy (non-hydrogen) atoms. The Bertz CT molecular complexity index is 949. The van der Waals surface area contributed by atoms with Crippen molar-refractivity contribution in [1.82, 2.24) is 4.98 Å². The van der Waals surface area contributed by atoms with Gasteiger partial charge >= 0.3 is 0 Å². The van der Waals surface area contributed by atoms with Gasteiger partial charge in [0.15, 0.2) is 0 Å². The molecule has 0 aliphatic carbocycles. The first-order valence-corrected chi connectivity index (χ1v) is 10.0. The molecule has 2 atom stereocenters. The third-order valence-electron chi connectivity index (χ3n) is 5.10. The summed E-state index contributed by atoms with van der Waals surface area (Å²) in [5, 5.41) is 3.01. The van der Waals surface area contributed by atoms with Crippen LogP contribution in [0.25, 0.3) is 0 Å². The molecule has 4 nitrogen and oxygen atoms in total. The van der Waals surface area contributed by atoms with E-state index >= 15 is 0 Å². The fraction of sp³-hybridized carbons (Fsp3) is 0.273. The topological polar surface area (TPSA) is 51.2 Å². The van der Waals surface area contributed by atoms with E-state index < -0.39 is 0 Å². The van der Waals surface area contributed by atoms with E-state index in [1.807, 2.05) is 48.8 Å². The number of hydrogen-bond donors (Lipinski definition) is 1. The molecule has 2 aromatic carbocycles. The second-order valence-corrected chi connectivity index (χ2v) is 7.83. The zero-order chi connectivity index (χ0) is 18.8. The third-order valence-corrected chi connectivity index (χ3v) is 6.21. The third kappa shape index (κ3) is 3.74. The lowest BCUT2D eigenvalue weighted by molar-refractivity contribution is -0.116. The van der Waals surface area contributed by atoms with Crippen LogP contribution >= 0.6 is 11.3 Å². The zero-order valence-corrected chi connectivity index (χ0v) is 16.3. The predicted molar refractivity (Wildman–Crippen MR) is 109 cm³/mol. The van der Waals surface area contributed by atoms with Gasteiger partial charge in [0.05, 0.1) is 17.8 Å². The van der Waals surface area contributed by atoms with Crippen molar-refractivity contribution in [2.75, 3.05) is 11.9 Å². The van der Waals surface area contributed by atoms with Crippen LogP contribution in [-0.2, 0) is 4.79 Å². The van der Waals surface area contributed by atoms with Gasteiger partial charge in [-0.1, -0.05) is 37.3 Å². The Morgan fingerprint density at radius 3 is 2.78 bits per heavy atom. The fourth-order valence-corrected chi connectivity index (χ4v) is 4.45. The Morgan fingerprint density at radius 1 is 1.26 bits per heavy atom. The summed E-state index contributed by atoms with van der Waals surface area (Å²) < 4.78 is 5.67. The lowest BCUT2D eigenvalue weighted by Gasteiger charge is -2.13. The highest BCUT2D eigenvalue weighted by molar-refractivity contribution is 7.09. The number of hydrogen-bond acceptors (Lipinski definition) is 4.